The predicted molar refractivity (Wildman–Crippen MR) is 72.2 cm³/mol. The van der Waals surface area contributed by atoms with E-state index in [-0.39, 0.29) is 18.1 Å². The van der Waals surface area contributed by atoms with Crippen molar-refractivity contribution in [2.45, 2.75) is 37.6 Å². The Morgan fingerprint density at radius 3 is 2.71 bits per heavy atom. The third-order valence-corrected chi connectivity index (χ3v) is 4.86. The van der Waals surface area contributed by atoms with Gasteiger partial charge in [0, 0.05) is 4.88 Å². The fraction of sp³-hybridized carbons (Fsp3) is 0.583. The molecule has 5 heteroatoms. The SMILES string of the molecule is O=C(Cc1ccc(Br)s1)NC1(CO)CCCC1. The van der Waals surface area contributed by atoms with E-state index in [2.05, 4.69) is 21.2 Å². The largest absolute Gasteiger partial charge is 0.394 e. The summed E-state index contributed by atoms with van der Waals surface area (Å²) in [7, 11) is 0. The smallest absolute Gasteiger partial charge is 0.225 e. The van der Waals surface area contributed by atoms with Crippen LogP contribution in [0.4, 0.5) is 0 Å². The highest BCUT2D eigenvalue weighted by molar-refractivity contribution is 9.11. The van der Waals surface area contributed by atoms with Gasteiger partial charge in [-0.05, 0) is 40.9 Å². The summed E-state index contributed by atoms with van der Waals surface area (Å²) < 4.78 is 1.04. The van der Waals surface area contributed by atoms with Crippen LogP contribution < -0.4 is 5.32 Å². The van der Waals surface area contributed by atoms with Gasteiger partial charge in [0.1, 0.15) is 0 Å². The van der Waals surface area contributed by atoms with Crippen molar-refractivity contribution in [2.24, 2.45) is 0 Å². The highest BCUT2D eigenvalue weighted by atomic mass is 79.9. The van der Waals surface area contributed by atoms with E-state index in [1.165, 1.54) is 0 Å². The first-order chi connectivity index (χ1) is 8.13. The van der Waals surface area contributed by atoms with Crippen LogP contribution in [-0.2, 0) is 11.2 Å². The summed E-state index contributed by atoms with van der Waals surface area (Å²) in [5.41, 5.74) is -0.356. The molecule has 1 saturated carbocycles. The van der Waals surface area contributed by atoms with E-state index in [1.54, 1.807) is 11.3 Å². The lowest BCUT2D eigenvalue weighted by Crippen LogP contribution is -2.49. The molecule has 94 valence electrons. The molecule has 0 aromatic carbocycles. The number of hydrogen-bond acceptors (Lipinski definition) is 3. The molecule has 1 fully saturated rings. The van der Waals surface area contributed by atoms with Gasteiger partial charge in [0.25, 0.3) is 0 Å². The molecule has 1 aliphatic carbocycles. The second kappa shape index (κ2) is 5.50. The zero-order valence-corrected chi connectivity index (χ0v) is 11.9. The summed E-state index contributed by atoms with van der Waals surface area (Å²) in [5, 5.41) is 12.4. The second-order valence-corrected chi connectivity index (χ2v) is 7.12. The van der Waals surface area contributed by atoms with E-state index in [1.807, 2.05) is 12.1 Å². The van der Waals surface area contributed by atoms with Crippen LogP contribution in [0.5, 0.6) is 0 Å². The Morgan fingerprint density at radius 2 is 2.18 bits per heavy atom. The highest BCUT2D eigenvalue weighted by Gasteiger charge is 2.34. The molecule has 1 amide bonds. The molecule has 3 nitrogen and oxygen atoms in total. The van der Waals surface area contributed by atoms with E-state index in [0.29, 0.717) is 6.42 Å². The number of carbonyl (C=O) groups excluding carboxylic acids is 1. The summed E-state index contributed by atoms with van der Waals surface area (Å²) in [6.45, 7) is 0.0485. The molecule has 1 aromatic heterocycles. The number of thiophene rings is 1. The minimum absolute atomic E-state index is 0.00954. The number of halogens is 1. The predicted octanol–water partition coefficient (Wildman–Crippen LogP) is 2.47. The number of hydrogen-bond donors (Lipinski definition) is 2. The van der Waals surface area contributed by atoms with Crippen molar-refractivity contribution in [3.05, 3.63) is 20.8 Å². The van der Waals surface area contributed by atoms with Gasteiger partial charge in [0.2, 0.25) is 5.91 Å². The molecule has 0 bridgehead atoms. The number of aliphatic hydroxyl groups excluding tert-OH is 1. The number of aliphatic hydroxyl groups is 1. The van der Waals surface area contributed by atoms with Gasteiger partial charge in [-0.2, -0.15) is 0 Å². The van der Waals surface area contributed by atoms with Gasteiger partial charge >= 0.3 is 0 Å². The van der Waals surface area contributed by atoms with Crippen molar-refractivity contribution in [1.29, 1.82) is 0 Å². The first kappa shape index (κ1) is 13.1. The number of amides is 1. The summed E-state index contributed by atoms with van der Waals surface area (Å²) in [6.07, 6.45) is 4.36. The standard InChI is InChI=1S/C12H16BrNO2S/c13-10-4-3-9(17-10)7-11(16)14-12(8-15)5-1-2-6-12/h3-4,15H,1-2,5-8H2,(H,14,16). The number of carbonyl (C=O) groups is 1. The van der Waals surface area contributed by atoms with Crippen molar-refractivity contribution in [2.75, 3.05) is 6.61 Å². The Bertz CT molecular complexity index is 399. The van der Waals surface area contributed by atoms with Crippen LogP contribution in [0.2, 0.25) is 0 Å². The van der Waals surface area contributed by atoms with Crippen LogP contribution in [0.25, 0.3) is 0 Å². The molecule has 1 heterocycles. The Labute approximate surface area is 113 Å². The van der Waals surface area contributed by atoms with Crippen LogP contribution in [0.1, 0.15) is 30.6 Å². The third-order valence-electron chi connectivity index (χ3n) is 3.23. The summed E-state index contributed by atoms with van der Waals surface area (Å²) in [6, 6.07) is 3.90. The van der Waals surface area contributed by atoms with Crippen LogP contribution in [0.3, 0.4) is 0 Å². The van der Waals surface area contributed by atoms with E-state index >= 15 is 0 Å². The minimum Gasteiger partial charge on any atom is -0.394 e. The summed E-state index contributed by atoms with van der Waals surface area (Å²) in [4.78, 5) is 13.0. The number of nitrogens with one attached hydrogen (secondary N) is 1. The lowest BCUT2D eigenvalue weighted by molar-refractivity contribution is -0.122. The van der Waals surface area contributed by atoms with Crippen molar-refractivity contribution >= 4 is 33.2 Å². The lowest BCUT2D eigenvalue weighted by atomic mass is 9.98. The van der Waals surface area contributed by atoms with Gasteiger partial charge in [-0.1, -0.05) is 12.8 Å². The van der Waals surface area contributed by atoms with Gasteiger partial charge < -0.3 is 10.4 Å². The fourth-order valence-corrected chi connectivity index (χ4v) is 3.80. The monoisotopic (exact) mass is 317 g/mol. The maximum Gasteiger partial charge on any atom is 0.225 e. The molecule has 1 aromatic rings. The van der Waals surface area contributed by atoms with Crippen LogP contribution in [-0.4, -0.2) is 23.2 Å². The molecular weight excluding hydrogens is 302 g/mol. The topological polar surface area (TPSA) is 49.3 Å². The molecular formula is C12H16BrNO2S. The average molecular weight is 318 g/mol. The minimum atomic E-state index is -0.356. The second-order valence-electron chi connectivity index (χ2n) is 4.58. The van der Waals surface area contributed by atoms with Crippen molar-refractivity contribution in [3.8, 4) is 0 Å². The molecule has 0 atom stereocenters. The molecule has 0 radical (unpaired) electrons. The molecule has 0 spiro atoms. The molecule has 2 N–H and O–H groups in total. The maximum atomic E-state index is 11.9. The zero-order valence-electron chi connectivity index (χ0n) is 9.54. The lowest BCUT2D eigenvalue weighted by Gasteiger charge is -2.27. The molecule has 0 aliphatic heterocycles. The normalized spacial score (nSPS) is 18.2. The van der Waals surface area contributed by atoms with Crippen LogP contribution in [0, 0.1) is 0 Å². The maximum absolute atomic E-state index is 11.9. The Morgan fingerprint density at radius 1 is 1.47 bits per heavy atom. The van der Waals surface area contributed by atoms with Gasteiger partial charge in [-0.3, -0.25) is 4.79 Å². The third kappa shape index (κ3) is 3.30. The van der Waals surface area contributed by atoms with E-state index < -0.39 is 0 Å². The molecule has 1 aliphatic rings. The highest BCUT2D eigenvalue weighted by Crippen LogP contribution is 2.29. The quantitative estimate of drug-likeness (QED) is 0.896. The van der Waals surface area contributed by atoms with Gasteiger partial charge in [0.15, 0.2) is 0 Å². The van der Waals surface area contributed by atoms with E-state index in [4.69, 9.17) is 0 Å². The Hall–Kier alpha value is -0.390. The van der Waals surface area contributed by atoms with Gasteiger partial charge in [0.05, 0.1) is 22.4 Å². The van der Waals surface area contributed by atoms with E-state index in [0.717, 1.165) is 34.3 Å². The number of rotatable bonds is 4. The first-order valence-electron chi connectivity index (χ1n) is 5.80. The Kier molecular flexibility index (Phi) is 4.22. The van der Waals surface area contributed by atoms with Crippen LogP contribution in [0.15, 0.2) is 15.9 Å². The molecule has 0 saturated heterocycles. The molecule has 2 rings (SSSR count). The summed E-state index contributed by atoms with van der Waals surface area (Å²) in [5.74, 6) is 0.00954. The molecule has 17 heavy (non-hydrogen) atoms. The van der Waals surface area contributed by atoms with E-state index in [9.17, 15) is 9.90 Å². The van der Waals surface area contributed by atoms with Gasteiger partial charge in [-0.25, -0.2) is 0 Å². The Balaban J connectivity index is 1.92. The average Bonchev–Trinajstić information content (AvgIpc) is 2.89. The first-order valence-corrected chi connectivity index (χ1v) is 7.41. The molecule has 0 unspecified atom stereocenters. The fourth-order valence-electron chi connectivity index (χ4n) is 2.32. The van der Waals surface area contributed by atoms with Gasteiger partial charge in [-0.15, -0.1) is 11.3 Å². The van der Waals surface area contributed by atoms with Crippen molar-refractivity contribution in [1.82, 2.24) is 5.32 Å². The zero-order chi connectivity index (χ0) is 12.3. The summed E-state index contributed by atoms with van der Waals surface area (Å²) >= 11 is 4.96. The van der Waals surface area contributed by atoms with Crippen LogP contribution >= 0.6 is 27.3 Å². The van der Waals surface area contributed by atoms with Crippen molar-refractivity contribution in [3.63, 3.8) is 0 Å². The van der Waals surface area contributed by atoms with Crippen molar-refractivity contribution < 1.29 is 9.90 Å².